The molecule has 0 radical (unpaired) electrons. The second-order valence-electron chi connectivity index (χ2n) is 4.61. The molecule has 0 heterocycles. The van der Waals surface area contributed by atoms with E-state index in [1.165, 1.54) is 44.9 Å². The lowest BCUT2D eigenvalue weighted by Crippen LogP contribution is -2.48. The van der Waals surface area contributed by atoms with Crippen LogP contribution in [-0.2, 0) is 0 Å². The molecular weight excluding hydrogens is 180 g/mol. The van der Waals surface area contributed by atoms with Crippen LogP contribution < -0.4 is 0 Å². The van der Waals surface area contributed by atoms with Crippen LogP contribution in [0.1, 0.15) is 44.9 Å². The molecule has 0 bridgehead atoms. The Morgan fingerprint density at radius 3 is 2.23 bits per heavy atom. The van der Waals surface area contributed by atoms with E-state index >= 15 is 0 Å². The summed E-state index contributed by atoms with van der Waals surface area (Å²) in [5.74, 6) is 0.618. The molecule has 13 heavy (non-hydrogen) atoms. The molecule has 0 aromatic heterocycles. The fraction of sp³-hybridized carbons (Fsp3) is 1.00. The predicted molar refractivity (Wildman–Crippen MR) is 58.1 cm³/mol. The molecule has 2 heteroatoms. The third-order valence-corrected chi connectivity index (χ3v) is 5.45. The molecule has 0 saturated heterocycles. The number of aliphatic hydroxyl groups excluding tert-OH is 1. The highest BCUT2D eigenvalue weighted by Gasteiger charge is 2.46. The first-order chi connectivity index (χ1) is 6.28. The van der Waals surface area contributed by atoms with Gasteiger partial charge in [0.25, 0.3) is 0 Å². The third kappa shape index (κ3) is 1.63. The van der Waals surface area contributed by atoms with Crippen molar-refractivity contribution in [1.82, 2.24) is 0 Å². The Morgan fingerprint density at radius 2 is 1.85 bits per heavy atom. The van der Waals surface area contributed by atoms with E-state index in [2.05, 4.69) is 6.26 Å². The topological polar surface area (TPSA) is 20.2 Å². The van der Waals surface area contributed by atoms with Gasteiger partial charge in [-0.2, -0.15) is 11.8 Å². The van der Waals surface area contributed by atoms with Crippen molar-refractivity contribution in [3.8, 4) is 0 Å². The summed E-state index contributed by atoms with van der Waals surface area (Å²) in [7, 11) is 0. The summed E-state index contributed by atoms with van der Waals surface area (Å²) in [5, 5.41) is 10.3. The molecule has 1 nitrogen and oxygen atoms in total. The molecule has 0 aromatic carbocycles. The number of aliphatic hydroxyl groups is 1. The van der Waals surface area contributed by atoms with E-state index in [-0.39, 0.29) is 10.9 Å². The van der Waals surface area contributed by atoms with Crippen molar-refractivity contribution < 1.29 is 5.11 Å². The van der Waals surface area contributed by atoms with Crippen LogP contribution in [0.25, 0.3) is 0 Å². The number of rotatable bonds is 3. The molecule has 2 saturated carbocycles. The van der Waals surface area contributed by atoms with Crippen molar-refractivity contribution in [1.29, 1.82) is 0 Å². The van der Waals surface area contributed by atoms with Gasteiger partial charge in [0.15, 0.2) is 0 Å². The average Bonchev–Trinajstić information content (AvgIpc) is 2.54. The highest BCUT2D eigenvalue weighted by atomic mass is 32.2. The lowest BCUT2D eigenvalue weighted by atomic mass is 9.75. The van der Waals surface area contributed by atoms with Gasteiger partial charge in [0.05, 0.1) is 6.10 Å². The molecule has 76 valence electrons. The molecule has 0 aromatic rings. The smallest absolute Gasteiger partial charge is 0.0714 e. The molecular formula is C11H20OS. The van der Waals surface area contributed by atoms with E-state index in [9.17, 15) is 5.11 Å². The molecule has 0 spiro atoms. The van der Waals surface area contributed by atoms with Gasteiger partial charge in [-0.25, -0.2) is 0 Å². The molecule has 2 aliphatic rings. The molecule has 2 aliphatic carbocycles. The fourth-order valence-electron chi connectivity index (χ4n) is 2.85. The summed E-state index contributed by atoms with van der Waals surface area (Å²) in [6.45, 7) is 0. The Bertz CT molecular complexity index is 165. The highest BCUT2D eigenvalue weighted by molar-refractivity contribution is 8.00. The zero-order valence-electron chi connectivity index (χ0n) is 8.46. The van der Waals surface area contributed by atoms with Gasteiger partial charge in [0, 0.05) is 4.75 Å². The van der Waals surface area contributed by atoms with E-state index < -0.39 is 0 Å². The van der Waals surface area contributed by atoms with E-state index in [4.69, 9.17) is 0 Å². The minimum atomic E-state index is -0.0150. The molecule has 2 fully saturated rings. The maximum atomic E-state index is 10.3. The monoisotopic (exact) mass is 200 g/mol. The van der Waals surface area contributed by atoms with Gasteiger partial charge in [-0.1, -0.05) is 19.3 Å². The SMILES string of the molecule is CSC1(C(O)C2CCCC2)CCC1. The largest absolute Gasteiger partial charge is 0.391 e. The van der Waals surface area contributed by atoms with Crippen LogP contribution in [0.2, 0.25) is 0 Å². The molecule has 0 amide bonds. The first-order valence-electron chi connectivity index (χ1n) is 5.52. The molecule has 1 N–H and O–H groups in total. The van der Waals surface area contributed by atoms with Crippen LogP contribution in [0.5, 0.6) is 0 Å². The van der Waals surface area contributed by atoms with Gasteiger partial charge in [-0.3, -0.25) is 0 Å². The van der Waals surface area contributed by atoms with Crippen LogP contribution >= 0.6 is 11.8 Å². The third-order valence-electron chi connectivity index (χ3n) is 3.99. The van der Waals surface area contributed by atoms with Gasteiger partial charge in [-0.05, 0) is 37.9 Å². The van der Waals surface area contributed by atoms with Crippen LogP contribution in [-0.4, -0.2) is 22.2 Å². The first-order valence-corrected chi connectivity index (χ1v) is 6.74. The highest BCUT2D eigenvalue weighted by Crippen LogP contribution is 2.49. The lowest BCUT2D eigenvalue weighted by molar-refractivity contribution is 0.0388. The average molecular weight is 200 g/mol. The van der Waals surface area contributed by atoms with Crippen molar-refractivity contribution in [3.05, 3.63) is 0 Å². The van der Waals surface area contributed by atoms with Gasteiger partial charge in [-0.15, -0.1) is 0 Å². The van der Waals surface area contributed by atoms with Crippen LogP contribution in [0.3, 0.4) is 0 Å². The van der Waals surface area contributed by atoms with E-state index in [0.29, 0.717) is 5.92 Å². The Balaban J connectivity index is 1.97. The van der Waals surface area contributed by atoms with Crippen molar-refractivity contribution in [2.24, 2.45) is 5.92 Å². The van der Waals surface area contributed by atoms with E-state index in [1.54, 1.807) is 0 Å². The fourth-order valence-corrected chi connectivity index (χ4v) is 3.98. The minimum Gasteiger partial charge on any atom is -0.391 e. The normalized spacial score (nSPS) is 30.0. The van der Waals surface area contributed by atoms with Gasteiger partial charge in [0.2, 0.25) is 0 Å². The first kappa shape index (κ1) is 9.85. The maximum absolute atomic E-state index is 10.3. The second-order valence-corrected chi connectivity index (χ2v) is 5.83. The lowest BCUT2D eigenvalue weighted by Gasteiger charge is -2.46. The molecule has 2 rings (SSSR count). The second kappa shape index (κ2) is 3.82. The van der Waals surface area contributed by atoms with Crippen molar-refractivity contribution >= 4 is 11.8 Å². The number of hydrogen-bond donors (Lipinski definition) is 1. The molecule has 1 unspecified atom stereocenters. The van der Waals surface area contributed by atoms with E-state index in [1.807, 2.05) is 11.8 Å². The van der Waals surface area contributed by atoms with Crippen molar-refractivity contribution in [2.75, 3.05) is 6.26 Å². The van der Waals surface area contributed by atoms with E-state index in [0.717, 1.165) is 0 Å². The molecule has 1 atom stereocenters. The number of thioether (sulfide) groups is 1. The van der Waals surface area contributed by atoms with Crippen molar-refractivity contribution in [2.45, 2.75) is 55.8 Å². The predicted octanol–water partition coefficient (Wildman–Crippen LogP) is 2.82. The zero-order chi connectivity index (χ0) is 9.31. The van der Waals surface area contributed by atoms with Gasteiger partial charge >= 0.3 is 0 Å². The summed E-state index contributed by atoms with van der Waals surface area (Å²) >= 11 is 1.90. The quantitative estimate of drug-likeness (QED) is 0.756. The van der Waals surface area contributed by atoms with Gasteiger partial charge in [0.1, 0.15) is 0 Å². The Hall–Kier alpha value is 0.310. The summed E-state index contributed by atoms with van der Waals surface area (Å²) in [6, 6.07) is 0. The molecule has 0 aliphatic heterocycles. The Morgan fingerprint density at radius 1 is 1.23 bits per heavy atom. The van der Waals surface area contributed by atoms with Gasteiger partial charge < -0.3 is 5.11 Å². The standard InChI is InChI=1S/C11H20OS/c1-13-11(7-4-8-11)10(12)9-5-2-3-6-9/h9-10,12H,2-8H2,1H3. The maximum Gasteiger partial charge on any atom is 0.0714 e. The summed E-state index contributed by atoms with van der Waals surface area (Å²) in [6.07, 6.45) is 11.2. The summed E-state index contributed by atoms with van der Waals surface area (Å²) in [5.41, 5.74) is 0. The zero-order valence-corrected chi connectivity index (χ0v) is 9.28. The number of hydrogen-bond acceptors (Lipinski definition) is 2. The van der Waals surface area contributed by atoms with Crippen LogP contribution in [0, 0.1) is 5.92 Å². The minimum absolute atomic E-state index is 0.0150. The summed E-state index contributed by atoms with van der Waals surface area (Å²) < 4.78 is 0.259. The Labute approximate surface area is 85.3 Å². The van der Waals surface area contributed by atoms with Crippen LogP contribution in [0.4, 0.5) is 0 Å². The van der Waals surface area contributed by atoms with Crippen molar-refractivity contribution in [3.63, 3.8) is 0 Å². The summed E-state index contributed by atoms with van der Waals surface area (Å²) in [4.78, 5) is 0. The Kier molecular flexibility index (Phi) is 2.89. The van der Waals surface area contributed by atoms with Crippen LogP contribution in [0.15, 0.2) is 0 Å².